The molecule has 0 radical (unpaired) electrons. The van der Waals surface area contributed by atoms with Gasteiger partial charge < -0.3 is 11.1 Å². The summed E-state index contributed by atoms with van der Waals surface area (Å²) in [7, 11) is 0. The smallest absolute Gasteiger partial charge is 0.223 e. The molecule has 1 aliphatic rings. The third-order valence-corrected chi connectivity index (χ3v) is 6.56. The maximum atomic E-state index is 5.69. The highest BCUT2D eigenvalue weighted by atomic mass is 32.1. The van der Waals surface area contributed by atoms with Crippen molar-refractivity contribution in [1.82, 2.24) is 9.97 Å². The first-order chi connectivity index (χ1) is 12.8. The van der Waals surface area contributed by atoms with Crippen LogP contribution in [0, 0.1) is 11.8 Å². The van der Waals surface area contributed by atoms with Gasteiger partial charge in [0.15, 0.2) is 0 Å². The molecule has 4 nitrogen and oxygen atoms in total. The van der Waals surface area contributed by atoms with Gasteiger partial charge in [0.25, 0.3) is 0 Å². The Kier molecular flexibility index (Phi) is 5.46. The zero-order valence-electron chi connectivity index (χ0n) is 15.0. The third-order valence-electron chi connectivity index (χ3n) is 5.42. The molecule has 0 amide bonds. The molecule has 1 aromatic carbocycles. The van der Waals surface area contributed by atoms with Crippen molar-refractivity contribution < 1.29 is 0 Å². The lowest BCUT2D eigenvalue weighted by Crippen LogP contribution is -2.23. The number of hydrogen-bond acceptors (Lipinski definition) is 5. The van der Waals surface area contributed by atoms with Crippen LogP contribution in [0.2, 0.25) is 0 Å². The van der Waals surface area contributed by atoms with Crippen molar-refractivity contribution in [2.45, 2.75) is 32.1 Å². The molecule has 0 atom stereocenters. The maximum Gasteiger partial charge on any atom is 0.223 e. The average molecular weight is 367 g/mol. The molecular weight excluding hydrogens is 340 g/mol. The highest BCUT2D eigenvalue weighted by molar-refractivity contribution is 7.22. The summed E-state index contributed by atoms with van der Waals surface area (Å²) < 4.78 is 1.30. The minimum atomic E-state index is 0.723. The number of hydrogen-bond donors (Lipinski definition) is 2. The fourth-order valence-electron chi connectivity index (χ4n) is 3.88. The van der Waals surface area contributed by atoms with Gasteiger partial charge in [0, 0.05) is 17.4 Å². The summed E-state index contributed by atoms with van der Waals surface area (Å²) in [6.45, 7) is 1.79. The van der Waals surface area contributed by atoms with Gasteiger partial charge in [-0.3, -0.25) is 0 Å². The Labute approximate surface area is 158 Å². The molecule has 1 aliphatic carbocycles. The predicted molar refractivity (Wildman–Crippen MR) is 110 cm³/mol. The van der Waals surface area contributed by atoms with E-state index in [-0.39, 0.29) is 0 Å². The van der Waals surface area contributed by atoms with E-state index in [1.54, 1.807) is 11.3 Å². The molecule has 4 rings (SSSR count). The van der Waals surface area contributed by atoms with E-state index in [0.29, 0.717) is 0 Å². The van der Waals surface area contributed by atoms with Crippen molar-refractivity contribution in [2.24, 2.45) is 17.6 Å². The van der Waals surface area contributed by atoms with Crippen LogP contribution in [-0.2, 0) is 0 Å². The highest BCUT2D eigenvalue weighted by Crippen LogP contribution is 2.33. The second-order valence-corrected chi connectivity index (χ2v) is 8.34. The van der Waals surface area contributed by atoms with Gasteiger partial charge in [-0.25, -0.2) is 9.97 Å². The van der Waals surface area contributed by atoms with E-state index in [0.717, 1.165) is 36.6 Å². The standard InChI is InChI=1S/C21H26N4S/c22-11-9-15-5-7-16(8-6-15)14-24-21-23-12-10-18(25-21)20-13-17-3-1-2-4-19(17)26-20/h1-4,10,12-13,15-16H,5-9,11,14,22H2,(H,23,24,25). The molecule has 1 saturated carbocycles. The molecule has 2 aromatic heterocycles. The lowest BCUT2D eigenvalue weighted by atomic mass is 9.80. The zero-order valence-corrected chi connectivity index (χ0v) is 15.8. The molecule has 3 aromatic rings. The number of benzene rings is 1. The quantitative estimate of drug-likeness (QED) is 0.649. The molecule has 0 bridgehead atoms. The molecule has 2 heterocycles. The van der Waals surface area contributed by atoms with Gasteiger partial charge in [0.2, 0.25) is 5.95 Å². The lowest BCUT2D eigenvalue weighted by Gasteiger charge is -2.28. The monoisotopic (exact) mass is 366 g/mol. The Morgan fingerprint density at radius 3 is 2.69 bits per heavy atom. The average Bonchev–Trinajstić information content (AvgIpc) is 3.12. The number of nitrogens with zero attached hydrogens (tertiary/aromatic N) is 2. The predicted octanol–water partition coefficient (Wildman–Crippen LogP) is 4.93. The first-order valence-electron chi connectivity index (χ1n) is 9.58. The molecule has 0 unspecified atom stereocenters. The van der Waals surface area contributed by atoms with Crippen molar-refractivity contribution >= 4 is 27.4 Å². The van der Waals surface area contributed by atoms with Crippen molar-refractivity contribution in [3.8, 4) is 10.6 Å². The second kappa shape index (κ2) is 8.14. The fourth-order valence-corrected chi connectivity index (χ4v) is 4.92. The highest BCUT2D eigenvalue weighted by Gasteiger charge is 2.20. The van der Waals surface area contributed by atoms with Gasteiger partial charge >= 0.3 is 0 Å². The van der Waals surface area contributed by atoms with Gasteiger partial charge in [-0.2, -0.15) is 0 Å². The van der Waals surface area contributed by atoms with Gasteiger partial charge in [0.1, 0.15) is 0 Å². The van der Waals surface area contributed by atoms with E-state index in [4.69, 9.17) is 10.7 Å². The Bertz CT molecular complexity index is 819. The summed E-state index contributed by atoms with van der Waals surface area (Å²) >= 11 is 1.78. The number of nitrogens with two attached hydrogens (primary N) is 1. The number of rotatable bonds is 6. The maximum absolute atomic E-state index is 5.69. The van der Waals surface area contributed by atoms with Crippen LogP contribution in [0.4, 0.5) is 5.95 Å². The number of fused-ring (bicyclic) bond motifs is 1. The molecular formula is C21H26N4S. The van der Waals surface area contributed by atoms with Crippen molar-refractivity contribution in [2.75, 3.05) is 18.4 Å². The van der Waals surface area contributed by atoms with Crippen LogP contribution in [0.15, 0.2) is 42.6 Å². The first-order valence-corrected chi connectivity index (χ1v) is 10.4. The summed E-state index contributed by atoms with van der Waals surface area (Å²) in [5, 5.41) is 4.74. The molecule has 26 heavy (non-hydrogen) atoms. The van der Waals surface area contributed by atoms with E-state index in [1.165, 1.54) is 47.1 Å². The van der Waals surface area contributed by atoms with Gasteiger partial charge in [-0.05, 0) is 61.2 Å². The fraction of sp³-hybridized carbons (Fsp3) is 0.429. The molecule has 1 fully saturated rings. The normalized spacial score (nSPS) is 20.3. The number of aromatic nitrogens is 2. The van der Waals surface area contributed by atoms with Crippen LogP contribution in [0.25, 0.3) is 20.7 Å². The molecule has 0 saturated heterocycles. The summed E-state index contributed by atoms with van der Waals surface area (Å²) in [5.41, 5.74) is 6.68. The van der Waals surface area contributed by atoms with Crippen molar-refractivity contribution in [1.29, 1.82) is 0 Å². The van der Waals surface area contributed by atoms with E-state index >= 15 is 0 Å². The van der Waals surface area contributed by atoms with Crippen molar-refractivity contribution in [3.05, 3.63) is 42.6 Å². The Morgan fingerprint density at radius 2 is 1.88 bits per heavy atom. The van der Waals surface area contributed by atoms with E-state index in [2.05, 4.69) is 40.6 Å². The van der Waals surface area contributed by atoms with Crippen LogP contribution < -0.4 is 11.1 Å². The van der Waals surface area contributed by atoms with Crippen LogP contribution in [-0.4, -0.2) is 23.1 Å². The van der Waals surface area contributed by atoms with E-state index in [9.17, 15) is 0 Å². The minimum absolute atomic E-state index is 0.723. The van der Waals surface area contributed by atoms with Crippen LogP contribution in [0.3, 0.4) is 0 Å². The Balaban J connectivity index is 1.39. The second-order valence-electron chi connectivity index (χ2n) is 7.26. The van der Waals surface area contributed by atoms with Gasteiger partial charge in [-0.15, -0.1) is 11.3 Å². The van der Waals surface area contributed by atoms with E-state index < -0.39 is 0 Å². The number of nitrogens with one attached hydrogen (secondary N) is 1. The van der Waals surface area contributed by atoms with Gasteiger partial charge in [-0.1, -0.05) is 31.0 Å². The summed E-state index contributed by atoms with van der Waals surface area (Å²) in [4.78, 5) is 10.3. The first kappa shape index (κ1) is 17.4. The summed E-state index contributed by atoms with van der Waals surface area (Å²) in [6.07, 6.45) is 8.23. The topological polar surface area (TPSA) is 63.8 Å². The van der Waals surface area contributed by atoms with Crippen LogP contribution >= 0.6 is 11.3 Å². The minimum Gasteiger partial charge on any atom is -0.354 e. The molecule has 3 N–H and O–H groups in total. The number of anilines is 1. The molecule has 5 heteroatoms. The third kappa shape index (κ3) is 4.05. The largest absolute Gasteiger partial charge is 0.354 e. The number of thiophene rings is 1. The van der Waals surface area contributed by atoms with Crippen LogP contribution in [0.5, 0.6) is 0 Å². The van der Waals surface area contributed by atoms with Crippen LogP contribution in [0.1, 0.15) is 32.1 Å². The van der Waals surface area contributed by atoms with Crippen molar-refractivity contribution in [3.63, 3.8) is 0 Å². The van der Waals surface area contributed by atoms with E-state index in [1.807, 2.05) is 12.3 Å². The zero-order chi connectivity index (χ0) is 17.8. The summed E-state index contributed by atoms with van der Waals surface area (Å²) in [6, 6.07) is 12.7. The Hall–Kier alpha value is -1.98. The molecule has 0 spiro atoms. The SMILES string of the molecule is NCCC1CCC(CNc2nccc(-c3cc4ccccc4s3)n2)CC1. The molecule has 0 aliphatic heterocycles. The Morgan fingerprint density at radius 1 is 1.08 bits per heavy atom. The van der Waals surface area contributed by atoms with Gasteiger partial charge in [0.05, 0.1) is 10.6 Å². The molecule has 136 valence electrons. The lowest BCUT2D eigenvalue weighted by molar-refractivity contribution is 0.274. The summed E-state index contributed by atoms with van der Waals surface area (Å²) in [5.74, 6) is 2.30.